The summed E-state index contributed by atoms with van der Waals surface area (Å²) in [5.41, 5.74) is 2.19. The number of hydrogen-bond donors (Lipinski definition) is 1. The van der Waals surface area contributed by atoms with Gasteiger partial charge >= 0.3 is 0 Å². The lowest BCUT2D eigenvalue weighted by molar-refractivity contribution is 0.444. The van der Waals surface area contributed by atoms with Crippen molar-refractivity contribution in [1.29, 1.82) is 0 Å². The third kappa shape index (κ3) is 4.04. The van der Waals surface area contributed by atoms with Crippen molar-refractivity contribution in [2.75, 3.05) is 6.54 Å². The fourth-order valence-electron chi connectivity index (χ4n) is 2.11. The Labute approximate surface area is 120 Å². The molecule has 112 valence electrons. The van der Waals surface area contributed by atoms with Crippen LogP contribution in [0.25, 0.3) is 0 Å². The zero-order chi connectivity index (χ0) is 15.4. The molecule has 0 fully saturated rings. The summed E-state index contributed by atoms with van der Waals surface area (Å²) in [6, 6.07) is 6.50. The molecule has 0 aliphatic carbocycles. The average molecular weight is 297 g/mol. The van der Waals surface area contributed by atoms with Crippen molar-refractivity contribution in [3.8, 4) is 0 Å². The second kappa shape index (κ2) is 6.72. The van der Waals surface area contributed by atoms with E-state index in [9.17, 15) is 17.6 Å². The van der Waals surface area contributed by atoms with Crippen LogP contribution >= 0.6 is 0 Å². The van der Waals surface area contributed by atoms with Crippen molar-refractivity contribution in [3.05, 3.63) is 70.3 Å². The van der Waals surface area contributed by atoms with Crippen molar-refractivity contribution in [3.63, 3.8) is 0 Å². The molecule has 0 radical (unpaired) electrons. The van der Waals surface area contributed by atoms with Gasteiger partial charge in [-0.25, -0.2) is 17.6 Å². The van der Waals surface area contributed by atoms with Crippen molar-refractivity contribution >= 4 is 0 Å². The highest BCUT2D eigenvalue weighted by Crippen LogP contribution is 2.14. The number of halogens is 4. The Morgan fingerprint density at radius 1 is 0.952 bits per heavy atom. The van der Waals surface area contributed by atoms with E-state index in [-0.39, 0.29) is 12.4 Å². The molecule has 5 heteroatoms. The molecular formula is C16H15F4N. The summed E-state index contributed by atoms with van der Waals surface area (Å²) in [5, 5.41) is 3.02. The van der Waals surface area contributed by atoms with E-state index >= 15 is 0 Å². The van der Waals surface area contributed by atoms with Gasteiger partial charge in [0.05, 0.1) is 0 Å². The highest BCUT2D eigenvalue weighted by molar-refractivity contribution is 5.26. The molecular weight excluding hydrogens is 282 g/mol. The Morgan fingerprint density at radius 3 is 2.24 bits per heavy atom. The first-order valence-corrected chi connectivity index (χ1v) is 6.56. The molecule has 0 saturated heterocycles. The molecule has 0 aliphatic rings. The number of rotatable bonds is 5. The molecule has 1 nitrogen and oxygen atoms in total. The van der Waals surface area contributed by atoms with E-state index in [1.807, 2.05) is 6.92 Å². The van der Waals surface area contributed by atoms with Crippen LogP contribution in [0.5, 0.6) is 0 Å². The first-order chi connectivity index (χ1) is 9.97. The molecule has 0 amide bonds. The van der Waals surface area contributed by atoms with E-state index in [2.05, 4.69) is 5.32 Å². The topological polar surface area (TPSA) is 12.0 Å². The normalized spacial score (nSPS) is 10.9. The average Bonchev–Trinajstić information content (AvgIpc) is 2.42. The Hall–Kier alpha value is -1.88. The molecule has 2 aromatic rings. The smallest absolute Gasteiger partial charge is 0.194 e. The molecule has 2 aromatic carbocycles. The van der Waals surface area contributed by atoms with Crippen LogP contribution in [0, 0.1) is 30.2 Å². The first-order valence-electron chi connectivity index (χ1n) is 6.56. The van der Waals surface area contributed by atoms with E-state index in [1.54, 1.807) is 6.07 Å². The Bertz CT molecular complexity index is 617. The van der Waals surface area contributed by atoms with Gasteiger partial charge in [-0.1, -0.05) is 6.07 Å². The monoisotopic (exact) mass is 297 g/mol. The summed E-state index contributed by atoms with van der Waals surface area (Å²) in [7, 11) is 0. The van der Waals surface area contributed by atoms with Gasteiger partial charge in [0.25, 0.3) is 0 Å². The predicted molar refractivity (Wildman–Crippen MR) is 72.9 cm³/mol. The summed E-state index contributed by atoms with van der Waals surface area (Å²) in [6.45, 7) is 2.62. The quantitative estimate of drug-likeness (QED) is 0.501. The third-order valence-corrected chi connectivity index (χ3v) is 3.25. The van der Waals surface area contributed by atoms with E-state index in [0.29, 0.717) is 18.5 Å². The van der Waals surface area contributed by atoms with Crippen LogP contribution in [0.2, 0.25) is 0 Å². The molecule has 0 saturated carbocycles. The summed E-state index contributed by atoms with van der Waals surface area (Å²) < 4.78 is 51.8. The zero-order valence-corrected chi connectivity index (χ0v) is 11.5. The second-order valence-electron chi connectivity index (χ2n) is 4.87. The maximum atomic E-state index is 13.0. The van der Waals surface area contributed by atoms with Crippen LogP contribution in [-0.4, -0.2) is 6.54 Å². The Balaban J connectivity index is 1.87. The van der Waals surface area contributed by atoms with Crippen LogP contribution in [0.1, 0.15) is 16.7 Å². The lowest BCUT2D eigenvalue weighted by Crippen LogP contribution is -2.17. The minimum Gasteiger partial charge on any atom is -0.312 e. The van der Waals surface area contributed by atoms with Gasteiger partial charge in [0.2, 0.25) is 0 Å². The lowest BCUT2D eigenvalue weighted by Gasteiger charge is -2.08. The Morgan fingerprint density at radius 2 is 1.62 bits per heavy atom. The van der Waals surface area contributed by atoms with Crippen LogP contribution in [-0.2, 0) is 13.0 Å². The molecule has 0 bridgehead atoms. The minimum absolute atomic E-state index is 0.231. The molecule has 0 aromatic heterocycles. The number of aryl methyl sites for hydroxylation is 1. The minimum atomic E-state index is -1.46. The molecule has 0 spiro atoms. The second-order valence-corrected chi connectivity index (χ2v) is 4.87. The van der Waals surface area contributed by atoms with Gasteiger partial charge in [0, 0.05) is 6.54 Å². The van der Waals surface area contributed by atoms with E-state index in [1.165, 1.54) is 12.1 Å². The van der Waals surface area contributed by atoms with Gasteiger partial charge in [-0.15, -0.1) is 0 Å². The van der Waals surface area contributed by atoms with Gasteiger partial charge < -0.3 is 5.32 Å². The van der Waals surface area contributed by atoms with E-state index < -0.39 is 17.5 Å². The molecule has 1 N–H and O–H groups in total. The molecule has 0 unspecified atom stereocenters. The van der Waals surface area contributed by atoms with Crippen molar-refractivity contribution < 1.29 is 17.6 Å². The summed E-state index contributed by atoms with van der Waals surface area (Å²) in [5.74, 6) is -4.12. The van der Waals surface area contributed by atoms with E-state index in [0.717, 1.165) is 23.3 Å². The maximum Gasteiger partial charge on any atom is 0.194 e. The Kier molecular flexibility index (Phi) is 4.96. The molecule has 2 rings (SSSR count). The fraction of sp³-hybridized carbons (Fsp3) is 0.250. The molecule has 0 atom stereocenters. The van der Waals surface area contributed by atoms with Crippen molar-refractivity contribution in [2.24, 2.45) is 0 Å². The van der Waals surface area contributed by atoms with Gasteiger partial charge in [-0.2, -0.15) is 0 Å². The lowest BCUT2D eigenvalue weighted by atomic mass is 10.1. The van der Waals surface area contributed by atoms with Gasteiger partial charge in [0.15, 0.2) is 17.5 Å². The van der Waals surface area contributed by atoms with Gasteiger partial charge in [-0.05, 0) is 60.8 Å². The van der Waals surface area contributed by atoms with Gasteiger partial charge in [0.1, 0.15) is 5.82 Å². The fourth-order valence-corrected chi connectivity index (χ4v) is 2.11. The van der Waals surface area contributed by atoms with Gasteiger partial charge in [-0.3, -0.25) is 0 Å². The van der Waals surface area contributed by atoms with E-state index in [4.69, 9.17) is 0 Å². The summed E-state index contributed by atoms with van der Waals surface area (Å²) >= 11 is 0. The van der Waals surface area contributed by atoms with Crippen LogP contribution < -0.4 is 5.32 Å². The summed E-state index contributed by atoms with van der Waals surface area (Å²) in [6.07, 6.45) is 0.665. The third-order valence-electron chi connectivity index (χ3n) is 3.25. The van der Waals surface area contributed by atoms with Crippen LogP contribution in [0.4, 0.5) is 17.6 Å². The molecule has 21 heavy (non-hydrogen) atoms. The predicted octanol–water partition coefficient (Wildman–Crippen LogP) is 3.88. The number of hydrogen-bond acceptors (Lipinski definition) is 1. The standard InChI is InChI=1S/C16H15F4N/c1-10-6-13(17)3-2-12(10)4-5-21-9-11-7-14(18)16(20)15(19)8-11/h2-3,6-8,21H,4-5,9H2,1H3. The van der Waals surface area contributed by atoms with Crippen LogP contribution in [0.15, 0.2) is 30.3 Å². The highest BCUT2D eigenvalue weighted by Gasteiger charge is 2.10. The largest absolute Gasteiger partial charge is 0.312 e. The number of benzene rings is 2. The highest BCUT2D eigenvalue weighted by atomic mass is 19.2. The van der Waals surface area contributed by atoms with Crippen molar-refractivity contribution in [1.82, 2.24) is 5.32 Å². The maximum absolute atomic E-state index is 13.0. The zero-order valence-electron chi connectivity index (χ0n) is 11.5. The molecule has 0 heterocycles. The van der Waals surface area contributed by atoms with Crippen LogP contribution in [0.3, 0.4) is 0 Å². The first kappa shape index (κ1) is 15.5. The number of nitrogens with one attached hydrogen (secondary N) is 1. The van der Waals surface area contributed by atoms with Crippen molar-refractivity contribution in [2.45, 2.75) is 19.9 Å². The summed E-state index contributed by atoms with van der Waals surface area (Å²) in [4.78, 5) is 0. The SMILES string of the molecule is Cc1cc(F)ccc1CCNCc1cc(F)c(F)c(F)c1. The molecule has 0 aliphatic heterocycles.